The highest BCUT2D eigenvalue weighted by atomic mass is 79.9. The number of imide groups is 1. The number of hydrogen-bond acceptors (Lipinski definition) is 4. The van der Waals surface area contributed by atoms with Crippen LogP contribution >= 0.6 is 15.9 Å². The molecule has 0 atom stereocenters. The molecule has 1 saturated heterocycles. The van der Waals surface area contributed by atoms with Gasteiger partial charge in [0, 0.05) is 6.54 Å². The number of ether oxygens (including phenoxy) is 2. The van der Waals surface area contributed by atoms with Gasteiger partial charge in [-0.1, -0.05) is 6.92 Å². The molecule has 1 aliphatic heterocycles. The normalized spacial score (nSPS) is 15.8. The highest BCUT2D eigenvalue weighted by Gasteiger charge is 2.32. The number of carbonyl (C=O) groups excluding carboxylic acids is 2. The van der Waals surface area contributed by atoms with Gasteiger partial charge in [-0.15, -0.1) is 0 Å². The standard InChI is InChI=1S/C17H21BrN2O4/c1-4-7-20-16(21)13(19-17(20)22)9-11-8-12(18)15(24-6-3)14(10-11)23-5-2/h8-10H,4-7H2,1-3H3,(H,19,22)/b13-9+. The molecular weight excluding hydrogens is 376 g/mol. The van der Waals surface area contributed by atoms with Crippen molar-refractivity contribution >= 4 is 33.9 Å². The van der Waals surface area contributed by atoms with Gasteiger partial charge in [-0.25, -0.2) is 4.79 Å². The maximum atomic E-state index is 12.3. The molecule has 6 nitrogen and oxygen atoms in total. The summed E-state index contributed by atoms with van der Waals surface area (Å²) in [5.41, 5.74) is 0.989. The number of nitrogens with one attached hydrogen (secondary N) is 1. The Morgan fingerprint density at radius 3 is 2.50 bits per heavy atom. The second-order valence-corrected chi connectivity index (χ2v) is 6.00. The Bertz CT molecular complexity index is 673. The molecule has 0 bridgehead atoms. The Kier molecular flexibility index (Phi) is 6.25. The fourth-order valence-electron chi connectivity index (χ4n) is 2.38. The average Bonchev–Trinajstić information content (AvgIpc) is 2.79. The highest BCUT2D eigenvalue weighted by molar-refractivity contribution is 9.10. The van der Waals surface area contributed by atoms with Gasteiger partial charge >= 0.3 is 6.03 Å². The average molecular weight is 397 g/mol. The van der Waals surface area contributed by atoms with Crippen LogP contribution in [0.5, 0.6) is 11.5 Å². The summed E-state index contributed by atoms with van der Waals surface area (Å²) >= 11 is 3.47. The molecule has 1 aromatic carbocycles. The summed E-state index contributed by atoms with van der Waals surface area (Å²) in [5, 5.41) is 2.61. The van der Waals surface area contributed by atoms with Crippen LogP contribution in [0.2, 0.25) is 0 Å². The second kappa shape index (κ2) is 8.19. The first-order chi connectivity index (χ1) is 11.5. The van der Waals surface area contributed by atoms with Crippen molar-refractivity contribution in [3.63, 3.8) is 0 Å². The van der Waals surface area contributed by atoms with Gasteiger partial charge in [0.25, 0.3) is 5.91 Å². The predicted octanol–water partition coefficient (Wildman–Crippen LogP) is 3.55. The molecule has 1 heterocycles. The second-order valence-electron chi connectivity index (χ2n) is 5.14. The van der Waals surface area contributed by atoms with Gasteiger partial charge in [-0.3, -0.25) is 9.69 Å². The van der Waals surface area contributed by atoms with Crippen LogP contribution in [-0.2, 0) is 4.79 Å². The van der Waals surface area contributed by atoms with Crippen LogP contribution in [0.4, 0.5) is 4.79 Å². The van der Waals surface area contributed by atoms with Gasteiger partial charge in [0.2, 0.25) is 0 Å². The van der Waals surface area contributed by atoms with E-state index in [0.717, 1.165) is 16.5 Å². The van der Waals surface area contributed by atoms with E-state index in [1.165, 1.54) is 4.90 Å². The monoisotopic (exact) mass is 396 g/mol. The molecule has 0 radical (unpaired) electrons. The third-order valence-electron chi connectivity index (χ3n) is 3.34. The summed E-state index contributed by atoms with van der Waals surface area (Å²) in [5.74, 6) is 0.892. The molecule has 2 rings (SSSR count). The van der Waals surface area contributed by atoms with Crippen molar-refractivity contribution in [3.05, 3.63) is 27.9 Å². The predicted molar refractivity (Wildman–Crippen MR) is 95.0 cm³/mol. The molecule has 0 aliphatic carbocycles. The Balaban J connectivity index is 2.36. The molecule has 1 N–H and O–H groups in total. The van der Waals surface area contributed by atoms with E-state index < -0.39 is 0 Å². The summed E-state index contributed by atoms with van der Waals surface area (Å²) in [6.07, 6.45) is 2.36. The summed E-state index contributed by atoms with van der Waals surface area (Å²) in [7, 11) is 0. The molecular formula is C17H21BrN2O4. The Morgan fingerprint density at radius 1 is 1.17 bits per heavy atom. The van der Waals surface area contributed by atoms with Crippen molar-refractivity contribution in [1.82, 2.24) is 10.2 Å². The highest BCUT2D eigenvalue weighted by Crippen LogP contribution is 2.37. The Labute approximate surface area is 149 Å². The molecule has 24 heavy (non-hydrogen) atoms. The van der Waals surface area contributed by atoms with Crippen LogP contribution in [0.1, 0.15) is 32.8 Å². The topological polar surface area (TPSA) is 67.9 Å². The zero-order valence-corrected chi connectivity index (χ0v) is 15.6. The number of amides is 3. The molecule has 1 aromatic rings. The van der Waals surface area contributed by atoms with Crippen molar-refractivity contribution in [1.29, 1.82) is 0 Å². The molecule has 1 fully saturated rings. The third-order valence-corrected chi connectivity index (χ3v) is 3.93. The molecule has 7 heteroatoms. The summed E-state index contributed by atoms with van der Waals surface area (Å²) in [6.45, 7) is 7.11. The quantitative estimate of drug-likeness (QED) is 0.565. The maximum Gasteiger partial charge on any atom is 0.329 e. The summed E-state index contributed by atoms with van der Waals surface area (Å²) < 4.78 is 11.9. The number of benzene rings is 1. The van der Waals surface area contributed by atoms with Gasteiger partial charge in [-0.2, -0.15) is 0 Å². The summed E-state index contributed by atoms with van der Waals surface area (Å²) in [4.78, 5) is 25.3. The summed E-state index contributed by atoms with van der Waals surface area (Å²) in [6, 6.07) is 3.22. The minimum Gasteiger partial charge on any atom is -0.490 e. The van der Waals surface area contributed by atoms with E-state index in [1.54, 1.807) is 12.1 Å². The van der Waals surface area contributed by atoms with E-state index >= 15 is 0 Å². The largest absolute Gasteiger partial charge is 0.490 e. The molecule has 0 saturated carbocycles. The van der Waals surface area contributed by atoms with Crippen molar-refractivity contribution < 1.29 is 19.1 Å². The minimum absolute atomic E-state index is 0.256. The lowest BCUT2D eigenvalue weighted by molar-refractivity contribution is -0.122. The molecule has 0 unspecified atom stereocenters. The van der Waals surface area contributed by atoms with Gasteiger partial charge in [-0.05, 0) is 60.0 Å². The number of halogens is 1. The van der Waals surface area contributed by atoms with Crippen molar-refractivity contribution in [2.75, 3.05) is 19.8 Å². The Morgan fingerprint density at radius 2 is 1.88 bits per heavy atom. The zero-order valence-electron chi connectivity index (χ0n) is 14.0. The number of hydrogen-bond donors (Lipinski definition) is 1. The van der Waals surface area contributed by atoms with Gasteiger partial charge in [0.1, 0.15) is 5.70 Å². The van der Waals surface area contributed by atoms with Crippen LogP contribution in [0.15, 0.2) is 22.3 Å². The smallest absolute Gasteiger partial charge is 0.329 e. The lowest BCUT2D eigenvalue weighted by Gasteiger charge is -2.13. The van der Waals surface area contributed by atoms with E-state index in [2.05, 4.69) is 21.2 Å². The van der Waals surface area contributed by atoms with Crippen molar-refractivity contribution in [2.45, 2.75) is 27.2 Å². The van der Waals surface area contributed by atoms with Crippen molar-refractivity contribution in [2.24, 2.45) is 0 Å². The molecule has 130 valence electrons. The van der Waals surface area contributed by atoms with Gasteiger partial charge in [0.05, 0.1) is 17.7 Å². The van der Waals surface area contributed by atoms with E-state index in [9.17, 15) is 9.59 Å². The number of carbonyl (C=O) groups is 2. The van der Waals surface area contributed by atoms with E-state index in [4.69, 9.17) is 9.47 Å². The number of nitrogens with zero attached hydrogens (tertiary/aromatic N) is 1. The lowest BCUT2D eigenvalue weighted by atomic mass is 10.1. The van der Waals surface area contributed by atoms with E-state index in [-0.39, 0.29) is 17.6 Å². The molecule has 0 spiro atoms. The maximum absolute atomic E-state index is 12.3. The van der Waals surface area contributed by atoms with Crippen LogP contribution < -0.4 is 14.8 Å². The first kappa shape index (κ1) is 18.3. The third kappa shape index (κ3) is 3.90. The molecule has 0 aromatic heterocycles. The minimum atomic E-state index is -0.386. The fourth-order valence-corrected chi connectivity index (χ4v) is 2.96. The van der Waals surface area contributed by atoms with E-state index in [0.29, 0.717) is 31.3 Å². The fraction of sp³-hybridized carbons (Fsp3) is 0.412. The van der Waals surface area contributed by atoms with Crippen molar-refractivity contribution in [3.8, 4) is 11.5 Å². The molecule has 3 amide bonds. The lowest BCUT2D eigenvalue weighted by Crippen LogP contribution is -2.31. The van der Waals surface area contributed by atoms with Gasteiger partial charge < -0.3 is 14.8 Å². The number of urea groups is 1. The SMILES string of the molecule is CCCN1C(=O)N/C(=C/c2cc(Br)c(OCC)c(OCC)c2)C1=O. The van der Waals surface area contributed by atoms with Crippen LogP contribution in [0.3, 0.4) is 0 Å². The zero-order chi connectivity index (χ0) is 17.7. The first-order valence-electron chi connectivity index (χ1n) is 7.95. The molecule has 1 aliphatic rings. The number of rotatable bonds is 7. The van der Waals surface area contributed by atoms with E-state index in [1.807, 2.05) is 26.8 Å². The van der Waals surface area contributed by atoms with Gasteiger partial charge in [0.15, 0.2) is 11.5 Å². The van der Waals surface area contributed by atoms with Crippen LogP contribution in [0.25, 0.3) is 6.08 Å². The first-order valence-corrected chi connectivity index (χ1v) is 8.74. The van der Waals surface area contributed by atoms with Crippen LogP contribution in [0, 0.1) is 0 Å². The van der Waals surface area contributed by atoms with Crippen LogP contribution in [-0.4, -0.2) is 36.6 Å². The Hall–Kier alpha value is -2.02.